The molecule has 0 unspecified atom stereocenters. The van der Waals surface area contributed by atoms with Crippen molar-refractivity contribution < 1.29 is 9.59 Å². The third-order valence-corrected chi connectivity index (χ3v) is 8.29. The average Bonchev–Trinajstić information content (AvgIpc) is 3.00. The number of rotatable bonds is 35. The van der Waals surface area contributed by atoms with Crippen LogP contribution in [0.4, 0.5) is 0 Å². The van der Waals surface area contributed by atoms with Gasteiger partial charge in [0.15, 0.2) is 0 Å². The van der Waals surface area contributed by atoms with Crippen LogP contribution in [0.3, 0.4) is 0 Å². The Kier molecular flexibility index (Phi) is 35.3. The molecule has 4 nitrogen and oxygen atoms in total. The van der Waals surface area contributed by atoms with E-state index in [9.17, 15) is 9.59 Å². The van der Waals surface area contributed by atoms with E-state index in [4.69, 9.17) is 11.5 Å². The topological polar surface area (TPSA) is 86.2 Å². The summed E-state index contributed by atoms with van der Waals surface area (Å²) in [5, 5.41) is 0. The number of carbonyl (C=O) groups excluding carboxylic acids is 2. The molecule has 44 heavy (non-hydrogen) atoms. The first-order valence-electron chi connectivity index (χ1n) is 18.8. The molecule has 4 heteroatoms. The lowest BCUT2D eigenvalue weighted by atomic mass is 10.0. The number of nitrogens with two attached hydrogens (primary N) is 2. The van der Waals surface area contributed by atoms with Crippen LogP contribution in [0, 0.1) is 0 Å². The van der Waals surface area contributed by atoms with Gasteiger partial charge in [0.2, 0.25) is 11.8 Å². The standard InChI is InChI=1S/C40H72N2O2/c41-39(43)37-35-33-31-29-27-25-23-21-19-17-15-13-11-9-7-5-3-1-2-4-6-8-10-12-14-16-18-20-22-24-26-28-30-32-34-36-38-40(42)44/h15-18,21-24H,1-14,19-20,25-38H2,(H2,41,43)(H2,42,44). The highest BCUT2D eigenvalue weighted by Crippen LogP contribution is 2.14. The molecule has 0 atom stereocenters. The molecule has 2 amide bonds. The van der Waals surface area contributed by atoms with Crippen LogP contribution < -0.4 is 11.5 Å². The molecular weight excluding hydrogens is 540 g/mol. The Balaban J connectivity index is 3.23. The molecule has 0 saturated heterocycles. The molecule has 0 fully saturated rings. The van der Waals surface area contributed by atoms with Gasteiger partial charge in [0.05, 0.1) is 0 Å². The number of hydrogen-bond acceptors (Lipinski definition) is 2. The van der Waals surface area contributed by atoms with Gasteiger partial charge < -0.3 is 11.5 Å². The second-order valence-corrected chi connectivity index (χ2v) is 12.7. The van der Waals surface area contributed by atoms with Crippen molar-refractivity contribution in [1.82, 2.24) is 0 Å². The van der Waals surface area contributed by atoms with Gasteiger partial charge in [-0.3, -0.25) is 9.59 Å². The van der Waals surface area contributed by atoms with Crippen LogP contribution in [0.5, 0.6) is 0 Å². The van der Waals surface area contributed by atoms with Gasteiger partial charge in [-0.05, 0) is 77.0 Å². The van der Waals surface area contributed by atoms with Gasteiger partial charge in [0.1, 0.15) is 0 Å². The third kappa shape index (κ3) is 39.9. The SMILES string of the molecule is NC(=O)CCCCCCCC=CCC=CCCCCCCCCCCCCCCC=CCC=CCCCCCCCC(N)=O. The number of hydrogen-bond donors (Lipinski definition) is 2. The zero-order valence-corrected chi connectivity index (χ0v) is 28.8. The van der Waals surface area contributed by atoms with Crippen LogP contribution in [0.1, 0.15) is 193 Å². The summed E-state index contributed by atoms with van der Waals surface area (Å²) in [6.07, 6.45) is 55.0. The Labute approximate surface area is 273 Å². The lowest BCUT2D eigenvalue weighted by Gasteiger charge is -2.02. The quantitative estimate of drug-likeness (QED) is 0.0551. The second kappa shape index (κ2) is 37.1. The van der Waals surface area contributed by atoms with Gasteiger partial charge in [-0.2, -0.15) is 0 Å². The monoisotopic (exact) mass is 613 g/mol. The zero-order chi connectivity index (χ0) is 32.0. The van der Waals surface area contributed by atoms with Gasteiger partial charge in [-0.15, -0.1) is 0 Å². The summed E-state index contributed by atoms with van der Waals surface area (Å²) in [6.45, 7) is 0. The van der Waals surface area contributed by atoms with E-state index in [-0.39, 0.29) is 11.8 Å². The Morgan fingerprint density at radius 1 is 0.295 bits per heavy atom. The second-order valence-electron chi connectivity index (χ2n) is 12.7. The fourth-order valence-electron chi connectivity index (χ4n) is 5.49. The predicted molar refractivity (Wildman–Crippen MR) is 193 cm³/mol. The van der Waals surface area contributed by atoms with Crippen LogP contribution in [-0.2, 0) is 9.59 Å². The van der Waals surface area contributed by atoms with Crippen molar-refractivity contribution in [3.8, 4) is 0 Å². The van der Waals surface area contributed by atoms with Crippen LogP contribution in [0.25, 0.3) is 0 Å². The largest absolute Gasteiger partial charge is 0.370 e. The molecule has 0 rings (SSSR count). The van der Waals surface area contributed by atoms with Crippen LogP contribution in [0.15, 0.2) is 48.6 Å². The van der Waals surface area contributed by atoms with E-state index in [1.165, 1.54) is 141 Å². The van der Waals surface area contributed by atoms with E-state index in [1.54, 1.807) is 0 Å². The van der Waals surface area contributed by atoms with Gasteiger partial charge in [-0.1, -0.05) is 151 Å². The number of unbranched alkanes of at least 4 members (excludes halogenated alkanes) is 23. The van der Waals surface area contributed by atoms with E-state index >= 15 is 0 Å². The van der Waals surface area contributed by atoms with E-state index in [1.807, 2.05) is 0 Å². The summed E-state index contributed by atoms with van der Waals surface area (Å²) in [4.78, 5) is 21.4. The molecule has 0 aliphatic carbocycles. The molecule has 0 aliphatic rings. The van der Waals surface area contributed by atoms with E-state index < -0.39 is 0 Å². The van der Waals surface area contributed by atoms with E-state index in [0.717, 1.165) is 38.5 Å². The number of allylic oxidation sites excluding steroid dienone is 8. The van der Waals surface area contributed by atoms with Crippen molar-refractivity contribution in [2.75, 3.05) is 0 Å². The fourth-order valence-corrected chi connectivity index (χ4v) is 5.49. The maximum absolute atomic E-state index is 10.7. The van der Waals surface area contributed by atoms with Crippen LogP contribution in [-0.4, -0.2) is 11.8 Å². The predicted octanol–water partition coefficient (Wildman–Crippen LogP) is 11.9. The first-order chi connectivity index (χ1) is 21.6. The molecule has 0 bridgehead atoms. The zero-order valence-electron chi connectivity index (χ0n) is 28.8. The third-order valence-electron chi connectivity index (χ3n) is 8.29. The van der Waals surface area contributed by atoms with Crippen LogP contribution >= 0.6 is 0 Å². The van der Waals surface area contributed by atoms with Crippen molar-refractivity contribution in [2.24, 2.45) is 11.5 Å². The number of carbonyl (C=O) groups is 2. The molecular formula is C40H72N2O2. The van der Waals surface area contributed by atoms with Crippen molar-refractivity contribution in [2.45, 2.75) is 193 Å². The maximum Gasteiger partial charge on any atom is 0.217 e. The van der Waals surface area contributed by atoms with Crippen molar-refractivity contribution in [3.05, 3.63) is 48.6 Å². The molecule has 0 aromatic carbocycles. The molecule has 254 valence electrons. The van der Waals surface area contributed by atoms with Crippen molar-refractivity contribution in [3.63, 3.8) is 0 Å². The maximum atomic E-state index is 10.7. The first kappa shape index (κ1) is 41.9. The van der Waals surface area contributed by atoms with Crippen molar-refractivity contribution in [1.29, 1.82) is 0 Å². The minimum atomic E-state index is -0.171. The average molecular weight is 613 g/mol. The van der Waals surface area contributed by atoms with Gasteiger partial charge in [0.25, 0.3) is 0 Å². The summed E-state index contributed by atoms with van der Waals surface area (Å²) >= 11 is 0. The van der Waals surface area contributed by atoms with E-state index in [0.29, 0.717) is 12.8 Å². The summed E-state index contributed by atoms with van der Waals surface area (Å²) in [6, 6.07) is 0. The highest BCUT2D eigenvalue weighted by atomic mass is 16.1. The van der Waals surface area contributed by atoms with Crippen molar-refractivity contribution >= 4 is 11.8 Å². The Morgan fingerprint density at radius 3 is 0.727 bits per heavy atom. The Morgan fingerprint density at radius 2 is 0.500 bits per heavy atom. The summed E-state index contributed by atoms with van der Waals surface area (Å²) in [5.41, 5.74) is 10.3. The molecule has 4 N–H and O–H groups in total. The summed E-state index contributed by atoms with van der Waals surface area (Å²) < 4.78 is 0. The summed E-state index contributed by atoms with van der Waals surface area (Å²) in [7, 11) is 0. The van der Waals surface area contributed by atoms with Gasteiger partial charge >= 0.3 is 0 Å². The normalized spacial score (nSPS) is 12.1. The van der Waals surface area contributed by atoms with E-state index in [2.05, 4.69) is 48.6 Å². The lowest BCUT2D eigenvalue weighted by molar-refractivity contribution is -0.119. The minimum absolute atomic E-state index is 0.171. The molecule has 0 radical (unpaired) electrons. The molecule has 0 heterocycles. The van der Waals surface area contributed by atoms with Crippen LogP contribution in [0.2, 0.25) is 0 Å². The Hall–Kier alpha value is -2.10. The smallest absolute Gasteiger partial charge is 0.217 e. The highest BCUT2D eigenvalue weighted by molar-refractivity contribution is 5.73. The van der Waals surface area contributed by atoms with Gasteiger partial charge in [-0.25, -0.2) is 0 Å². The molecule has 0 aromatic rings. The summed E-state index contributed by atoms with van der Waals surface area (Å²) in [5.74, 6) is -0.342. The molecule has 0 spiro atoms. The number of amides is 2. The highest BCUT2D eigenvalue weighted by Gasteiger charge is 1.96. The Bertz CT molecular complexity index is 676. The van der Waals surface area contributed by atoms with Gasteiger partial charge in [0, 0.05) is 12.8 Å². The molecule has 0 aliphatic heterocycles. The first-order valence-corrected chi connectivity index (χ1v) is 18.8. The molecule has 0 aromatic heterocycles. The lowest BCUT2D eigenvalue weighted by Crippen LogP contribution is -2.09. The number of primary amides is 2. The fraction of sp³-hybridized carbons (Fsp3) is 0.750. The minimum Gasteiger partial charge on any atom is -0.370 e. The molecule has 0 saturated carbocycles.